The normalized spacial score (nSPS) is 15.8. The lowest BCUT2D eigenvalue weighted by atomic mass is 9.96. The smallest absolute Gasteiger partial charge is 0.272 e. The van der Waals surface area contributed by atoms with Crippen molar-refractivity contribution in [2.75, 3.05) is 13.1 Å². The summed E-state index contributed by atoms with van der Waals surface area (Å²) in [6.07, 6.45) is 1.76. The van der Waals surface area contributed by atoms with Crippen LogP contribution in [0.25, 0.3) is 0 Å². The van der Waals surface area contributed by atoms with E-state index in [1.54, 1.807) is 18.2 Å². The van der Waals surface area contributed by atoms with E-state index in [0.29, 0.717) is 30.6 Å². The Morgan fingerprint density at radius 2 is 2.04 bits per heavy atom. The zero-order valence-electron chi connectivity index (χ0n) is 14.3. The van der Waals surface area contributed by atoms with Crippen molar-refractivity contribution in [3.63, 3.8) is 0 Å². The highest BCUT2D eigenvalue weighted by atomic mass is 16.5. The summed E-state index contributed by atoms with van der Waals surface area (Å²) in [6.45, 7) is 7.15. The van der Waals surface area contributed by atoms with Crippen LogP contribution >= 0.6 is 0 Å². The number of rotatable bonds is 4. The fourth-order valence-electron chi connectivity index (χ4n) is 2.89. The first-order valence-electron chi connectivity index (χ1n) is 8.35. The van der Waals surface area contributed by atoms with Gasteiger partial charge in [0.2, 0.25) is 5.88 Å². The van der Waals surface area contributed by atoms with Crippen LogP contribution in [0, 0.1) is 6.92 Å². The molecule has 1 N–H and O–H groups in total. The van der Waals surface area contributed by atoms with Crippen LogP contribution in [0.5, 0.6) is 5.88 Å². The molecule has 0 unspecified atom stereocenters. The minimum absolute atomic E-state index is 0.0309. The summed E-state index contributed by atoms with van der Waals surface area (Å²) in [6, 6.07) is 5.32. The number of carbonyl (C=O) groups is 1. The Balaban J connectivity index is 1.62. The molecule has 0 atom stereocenters. The number of amides is 1. The number of aromatic nitrogens is 4. The van der Waals surface area contributed by atoms with Crippen molar-refractivity contribution in [2.24, 2.45) is 0 Å². The Labute approximate surface area is 141 Å². The summed E-state index contributed by atoms with van der Waals surface area (Å²) in [5.41, 5.74) is 0.431. The summed E-state index contributed by atoms with van der Waals surface area (Å²) in [5.74, 6) is 2.43. The van der Waals surface area contributed by atoms with Gasteiger partial charge in [-0.2, -0.15) is 5.10 Å². The second kappa shape index (κ2) is 6.98. The Morgan fingerprint density at radius 3 is 2.67 bits per heavy atom. The third-order valence-electron chi connectivity index (χ3n) is 4.06. The van der Waals surface area contributed by atoms with Gasteiger partial charge in [-0.15, -0.1) is 0 Å². The Kier molecular flexibility index (Phi) is 4.78. The van der Waals surface area contributed by atoms with Gasteiger partial charge in [-0.1, -0.05) is 6.07 Å². The van der Waals surface area contributed by atoms with Crippen LogP contribution in [0.3, 0.4) is 0 Å². The molecule has 0 aliphatic carbocycles. The maximum absolute atomic E-state index is 12.7. The number of H-pyrrole nitrogens is 1. The molecule has 1 aliphatic heterocycles. The van der Waals surface area contributed by atoms with E-state index in [2.05, 4.69) is 20.2 Å². The molecule has 128 valence electrons. The summed E-state index contributed by atoms with van der Waals surface area (Å²) >= 11 is 0. The molecule has 2 aromatic heterocycles. The van der Waals surface area contributed by atoms with Gasteiger partial charge in [-0.25, -0.2) is 9.97 Å². The van der Waals surface area contributed by atoms with Crippen molar-refractivity contribution in [3.05, 3.63) is 35.5 Å². The third-order valence-corrected chi connectivity index (χ3v) is 4.06. The lowest BCUT2D eigenvalue weighted by molar-refractivity contribution is 0.0703. The predicted octanol–water partition coefficient (Wildman–Crippen LogP) is 2.32. The first-order valence-corrected chi connectivity index (χ1v) is 8.35. The number of nitrogens with zero attached hydrogens (tertiary/aromatic N) is 4. The van der Waals surface area contributed by atoms with Crippen LogP contribution in [0.15, 0.2) is 18.2 Å². The van der Waals surface area contributed by atoms with E-state index >= 15 is 0 Å². The molecule has 24 heavy (non-hydrogen) atoms. The highest BCUT2D eigenvalue weighted by Crippen LogP contribution is 2.26. The highest BCUT2D eigenvalue weighted by Gasteiger charge is 2.27. The molecule has 1 amide bonds. The van der Waals surface area contributed by atoms with Gasteiger partial charge in [0.25, 0.3) is 5.91 Å². The van der Waals surface area contributed by atoms with E-state index in [1.807, 2.05) is 25.7 Å². The fourth-order valence-corrected chi connectivity index (χ4v) is 2.89. The fraction of sp³-hybridized carbons (Fsp3) is 0.529. The van der Waals surface area contributed by atoms with Crippen LogP contribution in [0.4, 0.5) is 0 Å². The highest BCUT2D eigenvalue weighted by molar-refractivity contribution is 5.92. The zero-order chi connectivity index (χ0) is 17.1. The summed E-state index contributed by atoms with van der Waals surface area (Å²) in [4.78, 5) is 23.2. The molecule has 0 radical (unpaired) electrons. The SMILES string of the molecule is Cc1nc(C2CCN(C(=O)c3cccc(OC(C)C)n3)CC2)n[nH]1. The molecule has 1 aliphatic rings. The minimum atomic E-state index is -0.0474. The van der Waals surface area contributed by atoms with Gasteiger partial charge in [-0.3, -0.25) is 9.89 Å². The van der Waals surface area contributed by atoms with Gasteiger partial charge in [0.05, 0.1) is 6.10 Å². The lowest BCUT2D eigenvalue weighted by Crippen LogP contribution is -2.38. The number of aryl methyl sites for hydroxylation is 1. The van der Waals surface area contributed by atoms with Crippen molar-refractivity contribution in [2.45, 2.75) is 45.6 Å². The first kappa shape index (κ1) is 16.4. The molecular formula is C17H23N5O2. The molecule has 1 fully saturated rings. The van der Waals surface area contributed by atoms with Crippen molar-refractivity contribution in [1.29, 1.82) is 0 Å². The van der Waals surface area contributed by atoms with Crippen molar-refractivity contribution < 1.29 is 9.53 Å². The van der Waals surface area contributed by atoms with E-state index in [0.717, 1.165) is 24.5 Å². The number of carbonyl (C=O) groups excluding carboxylic acids is 1. The largest absolute Gasteiger partial charge is 0.475 e. The molecule has 7 nitrogen and oxygen atoms in total. The molecule has 2 aromatic rings. The van der Waals surface area contributed by atoms with Gasteiger partial charge >= 0.3 is 0 Å². The van der Waals surface area contributed by atoms with Crippen LogP contribution in [-0.2, 0) is 0 Å². The quantitative estimate of drug-likeness (QED) is 0.930. The number of hydrogen-bond donors (Lipinski definition) is 1. The zero-order valence-corrected chi connectivity index (χ0v) is 14.3. The molecule has 3 heterocycles. The molecule has 0 aromatic carbocycles. The van der Waals surface area contributed by atoms with Gasteiger partial charge in [0.1, 0.15) is 11.5 Å². The summed E-state index contributed by atoms with van der Waals surface area (Å²) in [5, 5.41) is 7.12. The topological polar surface area (TPSA) is 84.0 Å². The van der Waals surface area contributed by atoms with Gasteiger partial charge in [0.15, 0.2) is 5.82 Å². The molecule has 1 saturated heterocycles. The number of likely N-dealkylation sites (tertiary alicyclic amines) is 1. The molecule has 0 spiro atoms. The van der Waals surface area contributed by atoms with Gasteiger partial charge in [0, 0.05) is 25.1 Å². The number of pyridine rings is 1. The van der Waals surface area contributed by atoms with Crippen molar-refractivity contribution in [3.8, 4) is 5.88 Å². The number of aromatic amines is 1. The van der Waals surface area contributed by atoms with Crippen LogP contribution < -0.4 is 4.74 Å². The third kappa shape index (κ3) is 3.72. The summed E-state index contributed by atoms with van der Waals surface area (Å²) < 4.78 is 5.57. The molecule has 0 saturated carbocycles. The standard InChI is InChI=1S/C17H23N5O2/c1-11(2)24-15-6-4-5-14(19-15)17(23)22-9-7-13(8-10-22)16-18-12(3)20-21-16/h4-6,11,13H,7-10H2,1-3H3,(H,18,20,21). The number of piperidine rings is 1. The number of hydrogen-bond acceptors (Lipinski definition) is 5. The minimum Gasteiger partial charge on any atom is -0.475 e. The predicted molar refractivity (Wildman–Crippen MR) is 89.0 cm³/mol. The Hall–Kier alpha value is -2.44. The van der Waals surface area contributed by atoms with Crippen LogP contribution in [0.2, 0.25) is 0 Å². The molecular weight excluding hydrogens is 306 g/mol. The van der Waals surface area contributed by atoms with Crippen LogP contribution in [-0.4, -0.2) is 50.2 Å². The van der Waals surface area contributed by atoms with Crippen molar-refractivity contribution in [1.82, 2.24) is 25.1 Å². The maximum atomic E-state index is 12.7. The molecule has 7 heteroatoms. The second-order valence-corrected chi connectivity index (χ2v) is 6.37. The lowest BCUT2D eigenvalue weighted by Gasteiger charge is -2.30. The molecule has 0 bridgehead atoms. The summed E-state index contributed by atoms with van der Waals surface area (Å²) in [7, 11) is 0. The Bertz CT molecular complexity index is 705. The second-order valence-electron chi connectivity index (χ2n) is 6.37. The number of nitrogens with one attached hydrogen (secondary N) is 1. The van der Waals surface area contributed by atoms with E-state index in [4.69, 9.17) is 4.74 Å². The molecule has 3 rings (SSSR count). The van der Waals surface area contributed by atoms with Gasteiger partial charge in [-0.05, 0) is 39.7 Å². The average molecular weight is 329 g/mol. The first-order chi connectivity index (χ1) is 11.5. The van der Waals surface area contributed by atoms with E-state index in [-0.39, 0.29) is 12.0 Å². The average Bonchev–Trinajstić information content (AvgIpc) is 3.00. The van der Waals surface area contributed by atoms with E-state index < -0.39 is 0 Å². The van der Waals surface area contributed by atoms with E-state index in [9.17, 15) is 4.79 Å². The Morgan fingerprint density at radius 1 is 1.29 bits per heavy atom. The van der Waals surface area contributed by atoms with Gasteiger partial charge < -0.3 is 9.64 Å². The van der Waals surface area contributed by atoms with Crippen LogP contribution in [0.1, 0.15) is 54.7 Å². The van der Waals surface area contributed by atoms with Crippen molar-refractivity contribution >= 4 is 5.91 Å². The maximum Gasteiger partial charge on any atom is 0.272 e. The monoisotopic (exact) mass is 329 g/mol. The van der Waals surface area contributed by atoms with E-state index in [1.165, 1.54) is 0 Å². The number of ether oxygens (including phenoxy) is 1.